The molecule has 6 nitrogen and oxygen atoms in total. The van der Waals surface area contributed by atoms with Crippen LogP contribution in [0.15, 0.2) is 79.0 Å². The van der Waals surface area contributed by atoms with Crippen molar-refractivity contribution in [2.24, 2.45) is 0 Å². The van der Waals surface area contributed by atoms with Gasteiger partial charge < -0.3 is 14.2 Å². The molecule has 2 aromatic carbocycles. The molecule has 0 spiro atoms. The highest BCUT2D eigenvalue weighted by molar-refractivity contribution is 5.64. The van der Waals surface area contributed by atoms with Crippen LogP contribution in [-0.2, 0) is 6.61 Å². The van der Waals surface area contributed by atoms with Gasteiger partial charge in [0.1, 0.15) is 18.5 Å². The van der Waals surface area contributed by atoms with Gasteiger partial charge in [-0.1, -0.05) is 30.3 Å². The van der Waals surface area contributed by atoms with Crippen molar-refractivity contribution >= 4 is 0 Å². The zero-order valence-corrected chi connectivity index (χ0v) is 18.7. The predicted molar refractivity (Wildman–Crippen MR) is 127 cm³/mol. The highest BCUT2D eigenvalue weighted by Gasteiger charge is 2.20. The normalized spacial score (nSPS) is 13.7. The molecule has 0 aliphatic heterocycles. The van der Waals surface area contributed by atoms with Crippen molar-refractivity contribution in [3.63, 3.8) is 0 Å². The molecule has 2 aromatic heterocycles. The monoisotopic (exact) mass is 441 g/mol. The third-order valence-corrected chi connectivity index (χ3v) is 5.85. The molecule has 1 aliphatic rings. The third-order valence-electron chi connectivity index (χ3n) is 5.85. The Kier molecular flexibility index (Phi) is 6.24. The number of rotatable bonds is 8. The molecule has 5 rings (SSSR count). The molecular weight excluding hydrogens is 414 g/mol. The van der Waals surface area contributed by atoms with Crippen LogP contribution in [-0.4, -0.2) is 28.0 Å². The molecular formula is C27H27N3O3. The van der Waals surface area contributed by atoms with Crippen LogP contribution in [0.25, 0.3) is 16.9 Å². The molecule has 1 saturated carbocycles. The minimum atomic E-state index is 0.240. The van der Waals surface area contributed by atoms with Crippen LogP contribution in [0.3, 0.4) is 0 Å². The fourth-order valence-electron chi connectivity index (χ4n) is 4.08. The number of hydrogen-bond acceptors (Lipinski definition) is 5. The van der Waals surface area contributed by atoms with Gasteiger partial charge in [0, 0.05) is 17.7 Å². The standard InChI is InChI=1S/C27H27N3O3/c1-31-26-16-13-22(18-28-26)30-25(17-27(29-30)33-24-9-5-6-10-24)21-11-14-23(15-12-21)32-19-20-7-3-2-4-8-20/h2-4,7-8,11-18,24H,5-6,9-10,19H2,1H3. The Morgan fingerprint density at radius 2 is 1.70 bits per heavy atom. The molecule has 0 radical (unpaired) electrons. The molecule has 168 valence electrons. The summed E-state index contributed by atoms with van der Waals surface area (Å²) in [5, 5.41) is 4.76. The Morgan fingerprint density at radius 3 is 2.39 bits per heavy atom. The number of pyridine rings is 1. The maximum Gasteiger partial charge on any atom is 0.234 e. The van der Waals surface area contributed by atoms with E-state index in [1.165, 1.54) is 12.8 Å². The average Bonchev–Trinajstić information content (AvgIpc) is 3.54. The van der Waals surface area contributed by atoms with Crippen LogP contribution in [0.1, 0.15) is 31.2 Å². The van der Waals surface area contributed by atoms with E-state index in [-0.39, 0.29) is 6.10 Å². The lowest BCUT2D eigenvalue weighted by Gasteiger charge is -2.10. The van der Waals surface area contributed by atoms with Gasteiger partial charge in [-0.15, -0.1) is 5.10 Å². The molecule has 0 atom stereocenters. The van der Waals surface area contributed by atoms with E-state index >= 15 is 0 Å². The van der Waals surface area contributed by atoms with E-state index in [1.807, 2.05) is 65.3 Å². The van der Waals surface area contributed by atoms with E-state index in [9.17, 15) is 0 Å². The van der Waals surface area contributed by atoms with Crippen molar-refractivity contribution in [3.8, 4) is 34.5 Å². The zero-order chi connectivity index (χ0) is 22.5. The zero-order valence-electron chi connectivity index (χ0n) is 18.7. The summed E-state index contributed by atoms with van der Waals surface area (Å²) >= 11 is 0. The van der Waals surface area contributed by atoms with E-state index in [4.69, 9.17) is 19.3 Å². The Labute approximate surface area is 193 Å². The van der Waals surface area contributed by atoms with Gasteiger partial charge in [0.05, 0.1) is 24.7 Å². The first kappa shape index (κ1) is 21.1. The highest BCUT2D eigenvalue weighted by atomic mass is 16.5. The minimum absolute atomic E-state index is 0.240. The first-order valence-electron chi connectivity index (χ1n) is 11.3. The Balaban J connectivity index is 1.40. The van der Waals surface area contributed by atoms with Gasteiger partial charge in [0.15, 0.2) is 0 Å². The van der Waals surface area contributed by atoms with Gasteiger partial charge in [-0.3, -0.25) is 0 Å². The molecule has 0 bridgehead atoms. The molecule has 4 aromatic rings. The van der Waals surface area contributed by atoms with Crippen molar-refractivity contribution in [1.82, 2.24) is 14.8 Å². The number of benzene rings is 2. The van der Waals surface area contributed by atoms with Gasteiger partial charge in [-0.05, 0) is 61.6 Å². The number of ether oxygens (including phenoxy) is 3. The smallest absolute Gasteiger partial charge is 0.234 e. The Bertz CT molecular complexity index is 1170. The summed E-state index contributed by atoms with van der Waals surface area (Å²) < 4.78 is 19.2. The summed E-state index contributed by atoms with van der Waals surface area (Å²) in [6, 6.07) is 24.0. The SMILES string of the molecule is COc1ccc(-n2nc(OC3CCCC3)cc2-c2ccc(OCc3ccccc3)cc2)cn1. The van der Waals surface area contributed by atoms with E-state index in [0.717, 1.165) is 41.1 Å². The topological polar surface area (TPSA) is 58.4 Å². The molecule has 1 fully saturated rings. The quantitative estimate of drug-likeness (QED) is 0.344. The average molecular weight is 442 g/mol. The van der Waals surface area contributed by atoms with Crippen LogP contribution < -0.4 is 14.2 Å². The fourth-order valence-corrected chi connectivity index (χ4v) is 4.08. The lowest BCUT2D eigenvalue weighted by Crippen LogP contribution is -2.11. The second-order valence-corrected chi connectivity index (χ2v) is 8.16. The number of aromatic nitrogens is 3. The predicted octanol–water partition coefficient (Wildman–Crippen LogP) is 5.84. The van der Waals surface area contributed by atoms with Crippen molar-refractivity contribution in [2.75, 3.05) is 7.11 Å². The van der Waals surface area contributed by atoms with Crippen LogP contribution in [0, 0.1) is 0 Å². The first-order chi connectivity index (χ1) is 16.3. The number of nitrogens with zero attached hydrogens (tertiary/aromatic N) is 3. The van der Waals surface area contributed by atoms with Gasteiger partial charge in [0.25, 0.3) is 0 Å². The van der Waals surface area contributed by atoms with Crippen LogP contribution in [0.2, 0.25) is 0 Å². The number of hydrogen-bond donors (Lipinski definition) is 0. The summed E-state index contributed by atoms with van der Waals surface area (Å²) in [6.45, 7) is 0.537. The number of methoxy groups -OCH3 is 1. The lowest BCUT2D eigenvalue weighted by molar-refractivity contribution is 0.200. The Hall–Kier alpha value is -3.80. The van der Waals surface area contributed by atoms with Gasteiger partial charge in [0.2, 0.25) is 11.8 Å². The molecule has 0 unspecified atom stereocenters. The Morgan fingerprint density at radius 1 is 0.909 bits per heavy atom. The minimum Gasteiger partial charge on any atom is -0.489 e. The van der Waals surface area contributed by atoms with Crippen molar-refractivity contribution in [3.05, 3.63) is 84.6 Å². The molecule has 0 N–H and O–H groups in total. The summed E-state index contributed by atoms with van der Waals surface area (Å²) in [5.41, 5.74) is 3.94. The summed E-state index contributed by atoms with van der Waals surface area (Å²) in [7, 11) is 1.61. The van der Waals surface area contributed by atoms with E-state index in [1.54, 1.807) is 13.3 Å². The second-order valence-electron chi connectivity index (χ2n) is 8.16. The van der Waals surface area contributed by atoms with E-state index < -0.39 is 0 Å². The van der Waals surface area contributed by atoms with Crippen LogP contribution >= 0.6 is 0 Å². The van der Waals surface area contributed by atoms with Crippen LogP contribution in [0.4, 0.5) is 0 Å². The van der Waals surface area contributed by atoms with Crippen molar-refractivity contribution in [1.29, 1.82) is 0 Å². The molecule has 0 amide bonds. The summed E-state index contributed by atoms with van der Waals surface area (Å²) in [6.07, 6.45) is 6.59. The van der Waals surface area contributed by atoms with Gasteiger partial charge in [-0.25, -0.2) is 9.67 Å². The highest BCUT2D eigenvalue weighted by Crippen LogP contribution is 2.31. The maximum absolute atomic E-state index is 6.19. The van der Waals surface area contributed by atoms with E-state index in [2.05, 4.69) is 17.1 Å². The molecule has 0 saturated heterocycles. The molecule has 6 heteroatoms. The fraction of sp³-hybridized carbons (Fsp3) is 0.259. The summed E-state index contributed by atoms with van der Waals surface area (Å²) in [5.74, 6) is 2.02. The largest absolute Gasteiger partial charge is 0.489 e. The van der Waals surface area contributed by atoms with Crippen molar-refractivity contribution in [2.45, 2.75) is 38.4 Å². The van der Waals surface area contributed by atoms with E-state index in [0.29, 0.717) is 18.4 Å². The summed E-state index contributed by atoms with van der Waals surface area (Å²) in [4.78, 5) is 4.34. The molecule has 33 heavy (non-hydrogen) atoms. The third kappa shape index (κ3) is 5.00. The molecule has 2 heterocycles. The van der Waals surface area contributed by atoms with Gasteiger partial charge in [-0.2, -0.15) is 0 Å². The lowest BCUT2D eigenvalue weighted by atomic mass is 10.1. The first-order valence-corrected chi connectivity index (χ1v) is 11.3. The molecule has 1 aliphatic carbocycles. The van der Waals surface area contributed by atoms with Gasteiger partial charge >= 0.3 is 0 Å². The van der Waals surface area contributed by atoms with Crippen LogP contribution in [0.5, 0.6) is 17.5 Å². The second kappa shape index (κ2) is 9.77. The van der Waals surface area contributed by atoms with Crippen molar-refractivity contribution < 1.29 is 14.2 Å². The maximum atomic E-state index is 6.19.